The summed E-state index contributed by atoms with van der Waals surface area (Å²) in [4.78, 5) is 20.2. The number of aromatic nitrogens is 1. The van der Waals surface area contributed by atoms with Crippen LogP contribution in [0.4, 0.5) is 10.9 Å². The van der Waals surface area contributed by atoms with Crippen molar-refractivity contribution in [2.24, 2.45) is 0 Å². The molecule has 5 nitrogen and oxygen atoms in total. The van der Waals surface area contributed by atoms with Gasteiger partial charge >= 0.3 is 0 Å². The maximum atomic E-state index is 12.0. The molecule has 6 heteroatoms. The summed E-state index contributed by atoms with van der Waals surface area (Å²) in [6, 6.07) is 0.150. The summed E-state index contributed by atoms with van der Waals surface area (Å²) in [6.07, 6.45) is 0. The molecule has 0 fully saturated rings. The standard InChI is InChI=1S/C10H18N4OS/c1-6(2)14(5)9(15)7-8(11)12-10(16-7)13(3)4/h6H,11H2,1-5H3. The molecule has 0 unspecified atom stereocenters. The summed E-state index contributed by atoms with van der Waals surface area (Å²) in [7, 11) is 5.51. The molecule has 0 saturated carbocycles. The SMILES string of the molecule is CC(C)N(C)C(=O)c1sc(N(C)C)nc1N. The van der Waals surface area contributed by atoms with Crippen LogP contribution in [0, 0.1) is 0 Å². The van der Waals surface area contributed by atoms with E-state index in [-0.39, 0.29) is 11.9 Å². The number of rotatable bonds is 3. The van der Waals surface area contributed by atoms with Crippen LogP contribution in [-0.2, 0) is 0 Å². The van der Waals surface area contributed by atoms with Crippen molar-refractivity contribution in [2.75, 3.05) is 31.8 Å². The molecule has 0 aliphatic carbocycles. The number of anilines is 2. The maximum Gasteiger partial charge on any atom is 0.267 e. The van der Waals surface area contributed by atoms with Gasteiger partial charge in [0.2, 0.25) is 0 Å². The van der Waals surface area contributed by atoms with Gasteiger partial charge in [-0.2, -0.15) is 0 Å². The second-order valence-electron chi connectivity index (χ2n) is 4.12. The molecule has 1 heterocycles. The second kappa shape index (κ2) is 4.69. The lowest BCUT2D eigenvalue weighted by Gasteiger charge is -2.20. The van der Waals surface area contributed by atoms with Gasteiger partial charge in [-0.15, -0.1) is 0 Å². The molecule has 90 valence electrons. The average molecular weight is 242 g/mol. The number of hydrogen-bond acceptors (Lipinski definition) is 5. The summed E-state index contributed by atoms with van der Waals surface area (Å²) in [6.45, 7) is 3.92. The molecule has 1 aromatic rings. The van der Waals surface area contributed by atoms with E-state index in [0.717, 1.165) is 5.13 Å². The van der Waals surface area contributed by atoms with E-state index in [1.54, 1.807) is 11.9 Å². The summed E-state index contributed by atoms with van der Waals surface area (Å²) >= 11 is 1.32. The van der Waals surface area contributed by atoms with Gasteiger partial charge in [-0.25, -0.2) is 4.98 Å². The first-order valence-electron chi connectivity index (χ1n) is 5.05. The van der Waals surface area contributed by atoms with Crippen LogP contribution in [0.15, 0.2) is 0 Å². The van der Waals surface area contributed by atoms with Gasteiger partial charge in [0.1, 0.15) is 10.7 Å². The lowest BCUT2D eigenvalue weighted by Crippen LogP contribution is -2.32. The molecule has 0 saturated heterocycles. The van der Waals surface area contributed by atoms with Crippen LogP contribution in [0.1, 0.15) is 23.5 Å². The molecule has 0 aliphatic heterocycles. The molecule has 0 aromatic carbocycles. The van der Waals surface area contributed by atoms with E-state index in [4.69, 9.17) is 5.73 Å². The summed E-state index contributed by atoms with van der Waals surface area (Å²) < 4.78 is 0. The predicted molar refractivity (Wildman–Crippen MR) is 68.1 cm³/mol. The monoisotopic (exact) mass is 242 g/mol. The van der Waals surface area contributed by atoms with E-state index in [1.807, 2.05) is 32.8 Å². The Hall–Kier alpha value is -1.30. The highest BCUT2D eigenvalue weighted by molar-refractivity contribution is 7.18. The second-order valence-corrected chi connectivity index (χ2v) is 5.09. The third-order valence-corrected chi connectivity index (χ3v) is 3.54. The molecule has 0 bridgehead atoms. The Bertz CT molecular complexity index is 386. The fourth-order valence-electron chi connectivity index (χ4n) is 1.06. The highest BCUT2D eigenvalue weighted by atomic mass is 32.1. The van der Waals surface area contributed by atoms with E-state index in [9.17, 15) is 4.79 Å². The Morgan fingerprint density at radius 2 is 1.94 bits per heavy atom. The maximum absolute atomic E-state index is 12.0. The quantitative estimate of drug-likeness (QED) is 0.867. The molecule has 2 N–H and O–H groups in total. The minimum absolute atomic E-state index is 0.0712. The van der Waals surface area contributed by atoms with Gasteiger partial charge in [-0.05, 0) is 13.8 Å². The first-order chi connectivity index (χ1) is 7.34. The molecule has 1 aromatic heterocycles. The molecule has 0 radical (unpaired) electrons. The average Bonchev–Trinajstić information content (AvgIpc) is 2.58. The number of nitrogens with zero attached hydrogens (tertiary/aromatic N) is 3. The van der Waals surface area contributed by atoms with Crippen LogP contribution in [0.25, 0.3) is 0 Å². The number of amides is 1. The van der Waals surface area contributed by atoms with E-state index >= 15 is 0 Å². The van der Waals surface area contributed by atoms with Crippen molar-refractivity contribution in [3.63, 3.8) is 0 Å². The van der Waals surface area contributed by atoms with Crippen molar-refractivity contribution in [2.45, 2.75) is 19.9 Å². The Morgan fingerprint density at radius 3 is 2.31 bits per heavy atom. The Kier molecular flexibility index (Phi) is 3.74. The van der Waals surface area contributed by atoms with Gasteiger partial charge < -0.3 is 15.5 Å². The number of hydrogen-bond donors (Lipinski definition) is 1. The zero-order valence-corrected chi connectivity index (χ0v) is 11.1. The molecular weight excluding hydrogens is 224 g/mol. The smallest absolute Gasteiger partial charge is 0.267 e. The summed E-state index contributed by atoms with van der Waals surface area (Å²) in [5.41, 5.74) is 5.74. The summed E-state index contributed by atoms with van der Waals surface area (Å²) in [5, 5.41) is 0.748. The highest BCUT2D eigenvalue weighted by Crippen LogP contribution is 2.27. The van der Waals surface area contributed by atoms with Crippen molar-refractivity contribution in [3.05, 3.63) is 4.88 Å². The highest BCUT2D eigenvalue weighted by Gasteiger charge is 2.21. The van der Waals surface area contributed by atoms with Crippen molar-refractivity contribution >= 4 is 28.2 Å². The number of nitrogens with two attached hydrogens (primary N) is 1. The van der Waals surface area contributed by atoms with Gasteiger partial charge in [0.15, 0.2) is 5.13 Å². The van der Waals surface area contributed by atoms with Crippen molar-refractivity contribution in [1.29, 1.82) is 0 Å². The van der Waals surface area contributed by atoms with Crippen LogP contribution in [-0.4, -0.2) is 43.0 Å². The third-order valence-electron chi connectivity index (χ3n) is 2.31. The van der Waals surface area contributed by atoms with E-state index < -0.39 is 0 Å². The molecule has 0 aliphatic rings. The summed E-state index contributed by atoms with van der Waals surface area (Å²) in [5.74, 6) is 0.240. The fourth-order valence-corrected chi connectivity index (χ4v) is 1.95. The van der Waals surface area contributed by atoms with Gasteiger partial charge in [0.25, 0.3) is 5.91 Å². The van der Waals surface area contributed by atoms with Crippen molar-refractivity contribution < 1.29 is 4.79 Å². The van der Waals surface area contributed by atoms with Gasteiger partial charge in [-0.3, -0.25) is 4.79 Å². The topological polar surface area (TPSA) is 62.5 Å². The number of carbonyl (C=O) groups excluding carboxylic acids is 1. The molecule has 0 atom stereocenters. The van der Waals surface area contributed by atoms with Gasteiger partial charge in [-0.1, -0.05) is 11.3 Å². The number of carbonyl (C=O) groups is 1. The van der Waals surface area contributed by atoms with E-state index in [0.29, 0.717) is 10.7 Å². The lowest BCUT2D eigenvalue weighted by molar-refractivity contribution is 0.0760. The third kappa shape index (κ3) is 2.44. The molecule has 16 heavy (non-hydrogen) atoms. The minimum Gasteiger partial charge on any atom is -0.382 e. The minimum atomic E-state index is -0.0712. The fraction of sp³-hybridized carbons (Fsp3) is 0.600. The Labute approximate surface area is 99.9 Å². The Balaban J connectivity index is 3.00. The van der Waals surface area contributed by atoms with E-state index in [2.05, 4.69) is 4.98 Å². The van der Waals surface area contributed by atoms with Gasteiger partial charge in [0.05, 0.1) is 0 Å². The van der Waals surface area contributed by atoms with Crippen LogP contribution in [0.3, 0.4) is 0 Å². The van der Waals surface area contributed by atoms with Crippen LogP contribution < -0.4 is 10.6 Å². The van der Waals surface area contributed by atoms with Crippen molar-refractivity contribution in [1.82, 2.24) is 9.88 Å². The normalized spacial score (nSPS) is 10.6. The zero-order valence-electron chi connectivity index (χ0n) is 10.3. The first kappa shape index (κ1) is 12.8. The molecular formula is C10H18N4OS. The van der Waals surface area contributed by atoms with Gasteiger partial charge in [0, 0.05) is 27.2 Å². The zero-order chi connectivity index (χ0) is 12.5. The number of nitrogen functional groups attached to an aromatic ring is 1. The van der Waals surface area contributed by atoms with Crippen LogP contribution in [0.2, 0.25) is 0 Å². The largest absolute Gasteiger partial charge is 0.382 e. The Morgan fingerprint density at radius 1 is 1.38 bits per heavy atom. The van der Waals surface area contributed by atoms with Crippen molar-refractivity contribution in [3.8, 4) is 0 Å². The molecule has 0 spiro atoms. The first-order valence-corrected chi connectivity index (χ1v) is 5.87. The van der Waals surface area contributed by atoms with Crippen LogP contribution >= 0.6 is 11.3 Å². The lowest BCUT2D eigenvalue weighted by atomic mass is 10.3. The molecule has 1 amide bonds. The van der Waals surface area contributed by atoms with Crippen LogP contribution in [0.5, 0.6) is 0 Å². The predicted octanol–water partition coefficient (Wildman–Crippen LogP) is 1.27. The van der Waals surface area contributed by atoms with E-state index in [1.165, 1.54) is 11.3 Å². The number of thiazole rings is 1. The molecule has 1 rings (SSSR count).